The summed E-state index contributed by atoms with van der Waals surface area (Å²) in [5, 5.41) is 22.2. The maximum atomic E-state index is 14.5. The van der Waals surface area contributed by atoms with Crippen LogP contribution in [-0.4, -0.2) is 180 Å². The van der Waals surface area contributed by atoms with Gasteiger partial charge < -0.3 is 82.3 Å². The average molecular weight is 1070 g/mol. The molecule has 14 rings (SSSR count). The van der Waals surface area contributed by atoms with Crippen molar-refractivity contribution >= 4 is 5.97 Å². The molecule has 424 valence electrons. The molecule has 14 heterocycles. The van der Waals surface area contributed by atoms with Gasteiger partial charge in [-0.3, -0.25) is 4.79 Å². The Kier molecular flexibility index (Phi) is 13.6. The van der Waals surface area contributed by atoms with E-state index in [0.29, 0.717) is 83.5 Å². The molecule has 0 aliphatic carbocycles. The standard InChI is InChI=1S/C58H85NO17/c1-26-13-32-7-9-37-27(2)14-34(63-37)11-12-56-22-36(61)54(76-56)43-19-45(72-56)55-38(66-43)10-8-33(65-55)15-49(62)70-53-31(6)52-42(67-41(53)17-39(64-32)30(26)5)18-40-46(68-52)23-58(71-40)24-47-51(75-58)29(4)21-57(74-47)20-28(3)50-44(73-57)16-35(60)48(25-59)69-50/h26,28-29,31-48,50-55,60-61H,2,5,7-25,59H2,1,3-4,6H3/t26-,28+,29+,31+,32+,33-,34+,35-,36-,37+,38+,39-,40-,41+,42+,43-,44+,45?,46-,47+,48-,50+,51+,52+,53-,54?,55?,56-,57-,58+/m1/s1. The lowest BCUT2D eigenvalue weighted by Crippen LogP contribution is -2.63. The number of carbonyl (C=O) groups excluding carboxylic acids is 1. The lowest BCUT2D eigenvalue weighted by Gasteiger charge is -2.54. The Labute approximate surface area is 447 Å². The van der Waals surface area contributed by atoms with Crippen molar-refractivity contribution in [3.8, 4) is 0 Å². The molecule has 30 atom stereocenters. The van der Waals surface area contributed by atoms with Gasteiger partial charge in [0.25, 0.3) is 0 Å². The van der Waals surface area contributed by atoms with Crippen molar-refractivity contribution < 1.29 is 81.3 Å². The van der Waals surface area contributed by atoms with Gasteiger partial charge in [0, 0.05) is 76.7 Å². The van der Waals surface area contributed by atoms with E-state index in [0.717, 1.165) is 36.8 Å². The van der Waals surface area contributed by atoms with Crippen molar-refractivity contribution in [3.63, 3.8) is 0 Å². The minimum atomic E-state index is -0.989. The minimum absolute atomic E-state index is 0.0271. The second kappa shape index (κ2) is 19.8. The molecule has 76 heavy (non-hydrogen) atoms. The van der Waals surface area contributed by atoms with E-state index in [1.54, 1.807) is 0 Å². The molecule has 14 fully saturated rings. The molecule has 3 unspecified atom stereocenters. The van der Waals surface area contributed by atoms with Crippen LogP contribution < -0.4 is 5.73 Å². The number of ether oxygens (including phenoxy) is 14. The van der Waals surface area contributed by atoms with Crippen LogP contribution in [0.15, 0.2) is 24.3 Å². The lowest BCUT2D eigenvalue weighted by molar-refractivity contribution is -0.370. The van der Waals surface area contributed by atoms with Crippen LogP contribution >= 0.6 is 0 Å². The smallest absolute Gasteiger partial charge is 0.308 e. The quantitative estimate of drug-likeness (QED) is 0.230. The Morgan fingerprint density at radius 3 is 2.00 bits per heavy atom. The fraction of sp³-hybridized carbons (Fsp3) is 0.914. The maximum Gasteiger partial charge on any atom is 0.308 e. The first-order valence-electron chi connectivity index (χ1n) is 29.8. The summed E-state index contributed by atoms with van der Waals surface area (Å²) in [6.45, 7) is 18.1. The molecule has 0 aromatic carbocycles. The van der Waals surface area contributed by atoms with Gasteiger partial charge in [-0.2, -0.15) is 0 Å². The second-order valence-electron chi connectivity index (χ2n) is 26.5. The highest BCUT2D eigenvalue weighted by molar-refractivity contribution is 5.70. The molecule has 14 aliphatic rings. The van der Waals surface area contributed by atoms with E-state index in [1.165, 1.54) is 0 Å². The molecule has 0 amide bonds. The topological polar surface area (TPSA) is 213 Å². The fourth-order valence-electron chi connectivity index (χ4n) is 17.4. The van der Waals surface area contributed by atoms with E-state index in [1.807, 2.05) is 0 Å². The first kappa shape index (κ1) is 52.4. The maximum absolute atomic E-state index is 14.5. The Balaban J connectivity index is 0.695. The fourth-order valence-corrected chi connectivity index (χ4v) is 17.4. The number of carbonyl (C=O) groups is 1. The first-order chi connectivity index (χ1) is 36.5. The number of rotatable bonds is 1. The van der Waals surface area contributed by atoms with Gasteiger partial charge in [0.1, 0.15) is 18.3 Å². The summed E-state index contributed by atoms with van der Waals surface area (Å²) in [6, 6.07) is 0. The third-order valence-corrected chi connectivity index (χ3v) is 21.1. The van der Waals surface area contributed by atoms with Crippen molar-refractivity contribution in [3.05, 3.63) is 24.3 Å². The van der Waals surface area contributed by atoms with Gasteiger partial charge in [-0.25, -0.2) is 0 Å². The third kappa shape index (κ3) is 9.26. The van der Waals surface area contributed by atoms with Crippen molar-refractivity contribution in [2.75, 3.05) is 6.54 Å². The van der Waals surface area contributed by atoms with E-state index < -0.39 is 66.2 Å². The zero-order valence-corrected chi connectivity index (χ0v) is 45.0. The van der Waals surface area contributed by atoms with Crippen LogP contribution in [0, 0.1) is 23.7 Å². The van der Waals surface area contributed by atoms with Crippen LogP contribution in [0.25, 0.3) is 0 Å². The summed E-state index contributed by atoms with van der Waals surface area (Å²) >= 11 is 0. The molecule has 3 spiro atoms. The third-order valence-electron chi connectivity index (χ3n) is 21.1. The number of esters is 1. The summed E-state index contributed by atoms with van der Waals surface area (Å²) in [5.74, 6) is -2.79. The lowest BCUT2D eigenvalue weighted by atomic mass is 9.78. The molecule has 14 aliphatic heterocycles. The van der Waals surface area contributed by atoms with E-state index in [4.69, 9.17) is 72.0 Å². The molecular weight excluding hydrogens is 983 g/mol. The van der Waals surface area contributed by atoms with Gasteiger partial charge in [-0.05, 0) is 73.8 Å². The zero-order valence-electron chi connectivity index (χ0n) is 45.0. The van der Waals surface area contributed by atoms with E-state index >= 15 is 0 Å². The molecular formula is C58H85NO17. The normalized spacial score (nSPS) is 57.9. The molecule has 18 heteroatoms. The highest BCUT2D eigenvalue weighted by Crippen LogP contribution is 2.56. The van der Waals surface area contributed by atoms with Crippen LogP contribution in [0.5, 0.6) is 0 Å². The van der Waals surface area contributed by atoms with Crippen LogP contribution in [0.3, 0.4) is 0 Å². The summed E-state index contributed by atoms with van der Waals surface area (Å²) in [5.41, 5.74) is 8.08. The number of aliphatic hydroxyl groups excluding tert-OH is 2. The van der Waals surface area contributed by atoms with Crippen LogP contribution in [0.1, 0.15) is 143 Å². The van der Waals surface area contributed by atoms with Gasteiger partial charge >= 0.3 is 5.97 Å². The Morgan fingerprint density at radius 2 is 1.16 bits per heavy atom. The van der Waals surface area contributed by atoms with E-state index in [9.17, 15) is 15.0 Å². The van der Waals surface area contributed by atoms with Gasteiger partial charge in [0.2, 0.25) is 0 Å². The van der Waals surface area contributed by atoms with E-state index in [2.05, 4.69) is 40.9 Å². The molecule has 0 radical (unpaired) electrons. The molecule has 0 aromatic heterocycles. The number of nitrogens with two attached hydrogens (primary N) is 1. The highest BCUT2D eigenvalue weighted by atomic mass is 16.8. The monoisotopic (exact) mass is 1070 g/mol. The molecule has 0 saturated carbocycles. The average Bonchev–Trinajstić information content (AvgIpc) is 4.24. The molecule has 18 nitrogen and oxygen atoms in total. The number of hydrogen-bond donors (Lipinski definition) is 3. The Hall–Kier alpha value is -1.69. The van der Waals surface area contributed by atoms with Crippen LogP contribution in [0.2, 0.25) is 0 Å². The van der Waals surface area contributed by atoms with Crippen molar-refractivity contribution in [2.24, 2.45) is 29.4 Å². The SMILES string of the molecule is C=C1C[C@@H]2CC[C@]34C[C@@H](O)C(O3)[C@H]3CC(O4)C4O[C@H](CC[C@@H]4O3)CC(=O)O[C@@H]3[C@@H](C)[C@@H]4O[C@@H]5C[C@]6(C[C@@H]7O[C@]8(C[C@H](C)[C@@H]9O[C@H](CN)[C@H](O)C[C@@H]9O8)C[C@H](C)[C@@H]7O6)O[C@@H]5C[C@@H]4O[C@H]3C[C@H]3O[C@@H](CC[C@@H]1O2)C[C@@H](C)C3=C. The van der Waals surface area contributed by atoms with E-state index in [-0.39, 0.29) is 134 Å². The van der Waals surface area contributed by atoms with Crippen molar-refractivity contribution in [1.29, 1.82) is 0 Å². The summed E-state index contributed by atoms with van der Waals surface area (Å²) in [4.78, 5) is 14.5. The Bertz CT molecular complexity index is 2220. The number of aliphatic hydroxyl groups is 2. The summed E-state index contributed by atoms with van der Waals surface area (Å²) in [6.07, 6.45) is 3.06. The van der Waals surface area contributed by atoms with Crippen LogP contribution in [0.4, 0.5) is 0 Å². The first-order valence-corrected chi connectivity index (χ1v) is 29.8. The van der Waals surface area contributed by atoms with Gasteiger partial charge in [-0.15, -0.1) is 0 Å². The number of hydrogen-bond acceptors (Lipinski definition) is 18. The zero-order chi connectivity index (χ0) is 52.2. The van der Waals surface area contributed by atoms with Gasteiger partial charge in [-0.1, -0.05) is 40.9 Å². The second-order valence-corrected chi connectivity index (χ2v) is 26.5. The Morgan fingerprint density at radius 1 is 0.500 bits per heavy atom. The van der Waals surface area contributed by atoms with Crippen molar-refractivity contribution in [2.45, 2.75) is 301 Å². The molecule has 14 saturated heterocycles. The molecule has 0 aromatic rings. The number of fused-ring (bicyclic) bond motifs is 13. The van der Waals surface area contributed by atoms with Gasteiger partial charge in [0.15, 0.2) is 17.4 Å². The van der Waals surface area contributed by atoms with Crippen LogP contribution in [-0.2, 0) is 71.1 Å². The summed E-state index contributed by atoms with van der Waals surface area (Å²) in [7, 11) is 0. The minimum Gasteiger partial charge on any atom is -0.459 e. The predicted molar refractivity (Wildman–Crippen MR) is 267 cm³/mol. The molecule has 10 bridgehead atoms. The highest BCUT2D eigenvalue weighted by Gasteiger charge is 2.66. The summed E-state index contributed by atoms with van der Waals surface area (Å²) < 4.78 is 96.1. The van der Waals surface area contributed by atoms with Gasteiger partial charge in [0.05, 0.1) is 129 Å². The van der Waals surface area contributed by atoms with Crippen molar-refractivity contribution in [1.82, 2.24) is 0 Å². The predicted octanol–water partition coefficient (Wildman–Crippen LogP) is 5.12. The molecule has 4 N–H and O–H groups in total. The largest absolute Gasteiger partial charge is 0.459 e.